The number of ether oxygens (including phenoxy) is 1. The maximum absolute atomic E-state index is 12.8. The molecule has 172 valence electrons. The molecule has 0 atom stereocenters. The van der Waals surface area contributed by atoms with Crippen LogP contribution in [0.1, 0.15) is 32.6 Å². The lowest BCUT2D eigenvalue weighted by Crippen LogP contribution is -2.30. The van der Waals surface area contributed by atoms with E-state index in [1.54, 1.807) is 36.4 Å². The Morgan fingerprint density at radius 1 is 1.06 bits per heavy atom. The van der Waals surface area contributed by atoms with Crippen molar-refractivity contribution in [2.75, 3.05) is 0 Å². The number of halogens is 1. The lowest BCUT2D eigenvalue weighted by atomic mass is 10.1. The number of carbonyl (C=O) groups excluding carboxylic acids is 2. The molecule has 4 rings (SSSR count). The third kappa shape index (κ3) is 5.35. The molecular weight excluding hydrogens is 500 g/mol. The molecule has 0 saturated carbocycles. The lowest BCUT2D eigenvalue weighted by Gasteiger charge is -2.12. The summed E-state index contributed by atoms with van der Waals surface area (Å²) >= 11 is 3.48. The predicted molar refractivity (Wildman–Crippen MR) is 130 cm³/mol. The molecule has 0 spiro atoms. The molecule has 0 aromatic heterocycles. The van der Waals surface area contributed by atoms with Crippen LogP contribution in [0.5, 0.6) is 5.75 Å². The number of hydrogen-bond acceptors (Lipinski definition) is 4. The quantitative estimate of drug-likeness (QED) is 0.332. The molecule has 1 fully saturated rings. The third-order valence-electron chi connectivity index (χ3n) is 5.25. The standard InChI is InChI=1S/C26H21BrN2O5/c1-16-3-2-4-19(11-16)14-29-24(30)22(28-26(29)33)13-18-7-10-23(21(27)12-18)34-15-17-5-8-20(9-6-17)25(31)32/h2-13H,14-15H2,1H3,(H,28,33)(H,31,32)/b22-13+. The maximum atomic E-state index is 12.8. The number of rotatable bonds is 7. The van der Waals surface area contributed by atoms with Crippen molar-refractivity contribution in [2.45, 2.75) is 20.1 Å². The molecule has 1 saturated heterocycles. The van der Waals surface area contributed by atoms with Gasteiger partial charge in [-0.3, -0.25) is 9.69 Å². The molecule has 7 nitrogen and oxygen atoms in total. The van der Waals surface area contributed by atoms with Crippen molar-refractivity contribution in [1.29, 1.82) is 0 Å². The summed E-state index contributed by atoms with van der Waals surface area (Å²) in [5, 5.41) is 11.6. The van der Waals surface area contributed by atoms with Crippen LogP contribution in [0.2, 0.25) is 0 Å². The average Bonchev–Trinajstić information content (AvgIpc) is 3.06. The molecule has 0 unspecified atom stereocenters. The van der Waals surface area contributed by atoms with E-state index in [2.05, 4.69) is 21.2 Å². The Labute approximate surface area is 204 Å². The Morgan fingerprint density at radius 3 is 2.50 bits per heavy atom. The first kappa shape index (κ1) is 23.3. The summed E-state index contributed by atoms with van der Waals surface area (Å²) in [6, 6.07) is 19.0. The zero-order chi connectivity index (χ0) is 24.2. The summed E-state index contributed by atoms with van der Waals surface area (Å²) in [5.41, 5.74) is 3.91. The van der Waals surface area contributed by atoms with Gasteiger partial charge in [-0.1, -0.05) is 48.0 Å². The first-order valence-electron chi connectivity index (χ1n) is 10.4. The molecule has 0 radical (unpaired) electrons. The summed E-state index contributed by atoms with van der Waals surface area (Å²) in [6.45, 7) is 2.43. The van der Waals surface area contributed by atoms with Gasteiger partial charge in [0.05, 0.1) is 16.6 Å². The molecular formula is C26H21BrN2O5. The fourth-order valence-corrected chi connectivity index (χ4v) is 4.01. The third-order valence-corrected chi connectivity index (χ3v) is 5.87. The minimum atomic E-state index is -0.977. The Hall–Kier alpha value is -3.91. The van der Waals surface area contributed by atoms with Crippen LogP contribution in [0.15, 0.2) is 76.9 Å². The van der Waals surface area contributed by atoms with Gasteiger partial charge in [0.25, 0.3) is 5.91 Å². The zero-order valence-corrected chi connectivity index (χ0v) is 19.8. The summed E-state index contributed by atoms with van der Waals surface area (Å²) in [6.07, 6.45) is 1.62. The number of carboxylic acid groups (broad SMARTS) is 1. The number of aromatic carboxylic acids is 1. The maximum Gasteiger partial charge on any atom is 0.335 e. The lowest BCUT2D eigenvalue weighted by molar-refractivity contribution is -0.123. The van der Waals surface area contributed by atoms with E-state index in [1.807, 2.05) is 31.2 Å². The second-order valence-corrected chi connectivity index (χ2v) is 8.70. The smallest absolute Gasteiger partial charge is 0.335 e. The number of benzene rings is 3. The Balaban J connectivity index is 1.43. The van der Waals surface area contributed by atoms with Gasteiger partial charge in [0, 0.05) is 0 Å². The molecule has 34 heavy (non-hydrogen) atoms. The van der Waals surface area contributed by atoms with Crippen molar-refractivity contribution in [3.05, 3.63) is 105 Å². The summed E-state index contributed by atoms with van der Waals surface area (Å²) in [5.74, 6) is -0.768. The molecule has 8 heteroatoms. The molecule has 3 aromatic carbocycles. The minimum Gasteiger partial charge on any atom is -0.488 e. The molecule has 3 aromatic rings. The zero-order valence-electron chi connectivity index (χ0n) is 18.2. The SMILES string of the molecule is Cc1cccc(CN2C(=O)N/C(=C/c3ccc(OCc4ccc(C(=O)O)cc4)c(Br)c3)C2=O)c1. The van der Waals surface area contributed by atoms with Crippen molar-refractivity contribution in [3.8, 4) is 5.75 Å². The molecule has 2 N–H and O–H groups in total. The van der Waals surface area contributed by atoms with Crippen LogP contribution in [-0.2, 0) is 17.9 Å². The molecule has 1 heterocycles. The number of carboxylic acids is 1. The van der Waals surface area contributed by atoms with Gasteiger partial charge < -0.3 is 15.2 Å². The summed E-state index contributed by atoms with van der Waals surface area (Å²) in [7, 11) is 0. The van der Waals surface area contributed by atoms with Gasteiger partial charge in [-0.25, -0.2) is 9.59 Å². The second kappa shape index (κ2) is 9.93. The number of amides is 3. The number of urea groups is 1. The molecule has 1 aliphatic heterocycles. The molecule has 1 aliphatic rings. The number of hydrogen-bond donors (Lipinski definition) is 2. The summed E-state index contributed by atoms with van der Waals surface area (Å²) in [4.78, 5) is 37.3. The van der Waals surface area contributed by atoms with E-state index in [0.29, 0.717) is 15.8 Å². The van der Waals surface area contributed by atoms with Crippen molar-refractivity contribution >= 4 is 39.9 Å². The number of nitrogens with zero attached hydrogens (tertiary/aromatic N) is 1. The minimum absolute atomic E-state index is 0.202. The fraction of sp³-hybridized carbons (Fsp3) is 0.115. The van der Waals surface area contributed by atoms with E-state index < -0.39 is 12.0 Å². The largest absolute Gasteiger partial charge is 0.488 e. The van der Waals surface area contributed by atoms with Gasteiger partial charge in [0.15, 0.2) is 0 Å². The summed E-state index contributed by atoms with van der Waals surface area (Å²) < 4.78 is 6.50. The van der Waals surface area contributed by atoms with Gasteiger partial charge in [0.2, 0.25) is 0 Å². The van der Waals surface area contributed by atoms with E-state index in [-0.39, 0.29) is 30.3 Å². The van der Waals surface area contributed by atoms with Crippen molar-refractivity contribution in [3.63, 3.8) is 0 Å². The number of carbonyl (C=O) groups is 3. The van der Waals surface area contributed by atoms with Crippen LogP contribution >= 0.6 is 15.9 Å². The Bertz CT molecular complexity index is 1300. The second-order valence-electron chi connectivity index (χ2n) is 7.85. The van der Waals surface area contributed by atoms with Crippen LogP contribution in [0.3, 0.4) is 0 Å². The first-order chi connectivity index (χ1) is 16.3. The van der Waals surface area contributed by atoms with E-state index >= 15 is 0 Å². The first-order valence-corrected chi connectivity index (χ1v) is 11.2. The molecule has 3 amide bonds. The highest BCUT2D eigenvalue weighted by Crippen LogP contribution is 2.28. The Morgan fingerprint density at radius 2 is 1.82 bits per heavy atom. The fourth-order valence-electron chi connectivity index (χ4n) is 3.50. The van der Waals surface area contributed by atoms with Gasteiger partial charge in [0.1, 0.15) is 18.1 Å². The molecule has 0 bridgehead atoms. The van der Waals surface area contributed by atoms with E-state index in [4.69, 9.17) is 9.84 Å². The monoisotopic (exact) mass is 520 g/mol. The number of imide groups is 1. The number of nitrogens with one attached hydrogen (secondary N) is 1. The van der Waals surface area contributed by atoms with Crippen LogP contribution < -0.4 is 10.1 Å². The van der Waals surface area contributed by atoms with Crippen molar-refractivity contribution < 1.29 is 24.2 Å². The number of aryl methyl sites for hydroxylation is 1. The van der Waals surface area contributed by atoms with E-state index in [0.717, 1.165) is 16.7 Å². The van der Waals surface area contributed by atoms with Crippen LogP contribution in [0.25, 0.3) is 6.08 Å². The molecule has 0 aliphatic carbocycles. The predicted octanol–water partition coefficient (Wildman–Crippen LogP) is 5.13. The highest BCUT2D eigenvalue weighted by Gasteiger charge is 2.33. The van der Waals surface area contributed by atoms with E-state index in [1.165, 1.54) is 17.0 Å². The van der Waals surface area contributed by atoms with Crippen LogP contribution in [0.4, 0.5) is 4.79 Å². The van der Waals surface area contributed by atoms with E-state index in [9.17, 15) is 14.4 Å². The normalized spacial score (nSPS) is 14.4. The highest BCUT2D eigenvalue weighted by molar-refractivity contribution is 9.10. The van der Waals surface area contributed by atoms with Crippen molar-refractivity contribution in [2.24, 2.45) is 0 Å². The van der Waals surface area contributed by atoms with Crippen LogP contribution in [0, 0.1) is 6.92 Å². The van der Waals surface area contributed by atoms with Crippen LogP contribution in [-0.4, -0.2) is 27.9 Å². The van der Waals surface area contributed by atoms with Crippen molar-refractivity contribution in [1.82, 2.24) is 10.2 Å². The van der Waals surface area contributed by atoms with Gasteiger partial charge >= 0.3 is 12.0 Å². The topological polar surface area (TPSA) is 95.9 Å². The highest BCUT2D eigenvalue weighted by atomic mass is 79.9. The Kier molecular flexibility index (Phi) is 6.79. The van der Waals surface area contributed by atoms with Gasteiger partial charge in [-0.2, -0.15) is 0 Å². The van der Waals surface area contributed by atoms with Gasteiger partial charge in [-0.15, -0.1) is 0 Å². The van der Waals surface area contributed by atoms with Gasteiger partial charge in [-0.05, 0) is 69.9 Å². The average molecular weight is 521 g/mol.